The summed E-state index contributed by atoms with van der Waals surface area (Å²) in [6, 6.07) is 13.2. The van der Waals surface area contributed by atoms with Crippen molar-refractivity contribution in [2.24, 2.45) is 0 Å². The van der Waals surface area contributed by atoms with Gasteiger partial charge in [0.1, 0.15) is 5.82 Å². The summed E-state index contributed by atoms with van der Waals surface area (Å²) in [5, 5.41) is 6.12. The quantitative estimate of drug-likeness (QED) is 0.599. The van der Waals surface area contributed by atoms with Gasteiger partial charge in [-0.3, -0.25) is 14.6 Å². The van der Waals surface area contributed by atoms with E-state index in [0.717, 1.165) is 47.6 Å². The van der Waals surface area contributed by atoms with Crippen LogP contribution in [0.4, 0.5) is 0 Å². The van der Waals surface area contributed by atoms with Crippen molar-refractivity contribution in [1.29, 1.82) is 0 Å². The van der Waals surface area contributed by atoms with Gasteiger partial charge in [-0.1, -0.05) is 18.2 Å². The molecule has 1 fully saturated rings. The number of aromatic amines is 1. The van der Waals surface area contributed by atoms with Crippen LogP contribution in [0.1, 0.15) is 30.9 Å². The van der Waals surface area contributed by atoms with E-state index in [-0.39, 0.29) is 5.41 Å². The van der Waals surface area contributed by atoms with Crippen molar-refractivity contribution in [3.63, 3.8) is 0 Å². The van der Waals surface area contributed by atoms with E-state index in [9.17, 15) is 0 Å². The highest BCUT2D eigenvalue weighted by atomic mass is 15.4. The molecule has 5 heterocycles. The third-order valence-corrected chi connectivity index (χ3v) is 6.25. The zero-order chi connectivity index (χ0) is 18.7. The lowest BCUT2D eigenvalue weighted by Crippen LogP contribution is -2.57. The largest absolute Gasteiger partial charge is 0.348 e. The molecule has 0 bridgehead atoms. The smallest absolute Gasteiger partial charge is 0.120 e. The fraction of sp³-hybridized carbons (Fsp3) is 0.318. The first-order chi connectivity index (χ1) is 13.7. The van der Waals surface area contributed by atoms with Crippen molar-refractivity contribution < 1.29 is 0 Å². The molecule has 140 valence electrons. The highest BCUT2D eigenvalue weighted by Crippen LogP contribution is 2.48. The first-order valence-electron chi connectivity index (χ1n) is 9.86. The Morgan fingerprint density at radius 1 is 1.18 bits per heavy atom. The number of nitrogens with one attached hydrogen (secondary N) is 1. The van der Waals surface area contributed by atoms with Gasteiger partial charge in [0, 0.05) is 53.7 Å². The molecule has 6 nitrogen and oxygen atoms in total. The van der Waals surface area contributed by atoms with Crippen LogP contribution in [0.2, 0.25) is 0 Å². The van der Waals surface area contributed by atoms with Crippen LogP contribution >= 0.6 is 0 Å². The number of fused-ring (bicyclic) bond motifs is 3. The Labute approximate surface area is 163 Å². The van der Waals surface area contributed by atoms with Crippen LogP contribution < -0.4 is 0 Å². The van der Waals surface area contributed by atoms with Crippen molar-refractivity contribution in [2.45, 2.75) is 31.3 Å². The normalized spacial score (nSPS) is 20.5. The third-order valence-electron chi connectivity index (χ3n) is 6.25. The summed E-state index contributed by atoms with van der Waals surface area (Å²) in [7, 11) is 0. The number of para-hydroxylation sites is 1. The summed E-state index contributed by atoms with van der Waals surface area (Å²) < 4.78 is 2.24. The second kappa shape index (κ2) is 5.75. The fourth-order valence-electron chi connectivity index (χ4n) is 5.04. The number of rotatable bonds is 3. The van der Waals surface area contributed by atoms with Gasteiger partial charge in [0.25, 0.3) is 0 Å². The van der Waals surface area contributed by atoms with Crippen molar-refractivity contribution >= 4 is 10.9 Å². The Hall–Kier alpha value is -2.99. The summed E-state index contributed by atoms with van der Waals surface area (Å²) in [6.45, 7) is 5.31. The van der Waals surface area contributed by atoms with Crippen LogP contribution in [0.15, 0.2) is 55.0 Å². The van der Waals surface area contributed by atoms with E-state index in [0.29, 0.717) is 6.04 Å². The van der Waals surface area contributed by atoms with Crippen LogP contribution in [0.5, 0.6) is 0 Å². The molecule has 1 aromatic carbocycles. The number of hydrogen-bond donors (Lipinski definition) is 1. The molecule has 1 saturated heterocycles. The molecule has 4 aromatic rings. The zero-order valence-corrected chi connectivity index (χ0v) is 15.8. The molecule has 1 unspecified atom stereocenters. The molecular formula is C22H22N6. The summed E-state index contributed by atoms with van der Waals surface area (Å²) in [6.07, 6.45) is 6.82. The van der Waals surface area contributed by atoms with E-state index >= 15 is 0 Å². The maximum Gasteiger partial charge on any atom is 0.120 e. The molecule has 6 heteroatoms. The molecule has 1 N–H and O–H groups in total. The summed E-state index contributed by atoms with van der Waals surface area (Å²) in [5.41, 5.74) is 4.74. The molecule has 0 radical (unpaired) electrons. The van der Waals surface area contributed by atoms with Gasteiger partial charge in [-0.05, 0) is 31.5 Å². The summed E-state index contributed by atoms with van der Waals surface area (Å²) in [4.78, 5) is 14.6. The maximum atomic E-state index is 4.97. The number of benzene rings is 1. The molecule has 0 amide bonds. The predicted molar refractivity (Wildman–Crippen MR) is 108 cm³/mol. The number of H-pyrrole nitrogens is 1. The van der Waals surface area contributed by atoms with Gasteiger partial charge < -0.3 is 4.98 Å². The van der Waals surface area contributed by atoms with Crippen molar-refractivity contribution in [2.75, 3.05) is 13.1 Å². The van der Waals surface area contributed by atoms with Gasteiger partial charge in [-0.25, -0.2) is 4.98 Å². The van der Waals surface area contributed by atoms with E-state index in [4.69, 9.17) is 5.10 Å². The van der Waals surface area contributed by atoms with Crippen LogP contribution in [0, 0.1) is 0 Å². The van der Waals surface area contributed by atoms with Crippen molar-refractivity contribution in [1.82, 2.24) is 29.6 Å². The molecule has 2 aliphatic rings. The van der Waals surface area contributed by atoms with Crippen LogP contribution in [0.25, 0.3) is 22.2 Å². The number of hydrogen-bond acceptors (Lipinski definition) is 4. The van der Waals surface area contributed by atoms with Crippen molar-refractivity contribution in [3.8, 4) is 11.3 Å². The minimum absolute atomic E-state index is 0.224. The third kappa shape index (κ3) is 2.34. The average Bonchev–Trinajstić information content (AvgIpc) is 3.40. The highest BCUT2D eigenvalue weighted by Gasteiger charge is 2.51. The van der Waals surface area contributed by atoms with E-state index in [1.165, 1.54) is 12.1 Å². The summed E-state index contributed by atoms with van der Waals surface area (Å²) >= 11 is 0. The van der Waals surface area contributed by atoms with Gasteiger partial charge in [-0.2, -0.15) is 5.10 Å². The Morgan fingerprint density at radius 3 is 2.93 bits per heavy atom. The van der Waals surface area contributed by atoms with E-state index in [1.807, 2.05) is 30.7 Å². The lowest BCUT2D eigenvalue weighted by Gasteiger charge is -2.47. The Balaban J connectivity index is 1.31. The molecular weight excluding hydrogens is 348 g/mol. The molecule has 0 saturated carbocycles. The number of likely N-dealkylation sites (tertiary alicyclic amines) is 1. The molecule has 2 aliphatic heterocycles. The Bertz CT molecular complexity index is 1150. The minimum atomic E-state index is 0.224. The first-order valence-corrected chi connectivity index (χ1v) is 9.86. The Morgan fingerprint density at radius 2 is 2.07 bits per heavy atom. The molecule has 1 atom stereocenters. The summed E-state index contributed by atoms with van der Waals surface area (Å²) in [5.74, 6) is 1.04. The van der Waals surface area contributed by atoms with Crippen LogP contribution in [0.3, 0.4) is 0 Å². The number of pyridine rings is 1. The van der Waals surface area contributed by atoms with Crippen molar-refractivity contribution in [3.05, 3.63) is 66.5 Å². The van der Waals surface area contributed by atoms with E-state index in [1.54, 1.807) is 0 Å². The van der Waals surface area contributed by atoms with E-state index < -0.39 is 0 Å². The second-order valence-electron chi connectivity index (χ2n) is 8.29. The lowest BCUT2D eigenvalue weighted by molar-refractivity contribution is 0.0533. The fourth-order valence-corrected chi connectivity index (χ4v) is 5.04. The molecule has 0 aliphatic carbocycles. The first kappa shape index (κ1) is 16.0. The van der Waals surface area contributed by atoms with Gasteiger partial charge in [0.15, 0.2) is 0 Å². The molecule has 6 rings (SSSR count). The van der Waals surface area contributed by atoms with Crippen LogP contribution in [-0.4, -0.2) is 42.7 Å². The maximum absolute atomic E-state index is 4.97. The minimum Gasteiger partial charge on any atom is -0.348 e. The molecule has 3 aromatic heterocycles. The second-order valence-corrected chi connectivity index (χ2v) is 8.29. The van der Waals surface area contributed by atoms with Gasteiger partial charge >= 0.3 is 0 Å². The van der Waals surface area contributed by atoms with Gasteiger partial charge in [0.2, 0.25) is 0 Å². The number of aromatic nitrogens is 5. The van der Waals surface area contributed by atoms with Gasteiger partial charge in [0.05, 0.1) is 23.8 Å². The number of imidazole rings is 1. The lowest BCUT2D eigenvalue weighted by atomic mass is 9.74. The zero-order valence-electron chi connectivity index (χ0n) is 15.8. The van der Waals surface area contributed by atoms with Gasteiger partial charge in [-0.15, -0.1) is 0 Å². The predicted octanol–water partition coefficient (Wildman–Crippen LogP) is 3.54. The molecule has 28 heavy (non-hydrogen) atoms. The van der Waals surface area contributed by atoms with E-state index in [2.05, 4.69) is 55.7 Å². The average molecular weight is 370 g/mol. The highest BCUT2D eigenvalue weighted by molar-refractivity contribution is 5.82. The standard InChI is InChI=1S/C22H22N6/c1-15-10-22(13-27(14-22)12-21-23-6-7-24-21)20-9-19(26-28(15)20)17-8-16-4-2-3-5-18(16)25-11-17/h2-9,11,15H,10,12-14H2,1H3,(H,23,24). The SMILES string of the molecule is CC1CC2(CN(Cc3ncc[nH]3)C2)c2cc(-c3cnc4ccccc4c3)nn21. The monoisotopic (exact) mass is 370 g/mol. The number of nitrogens with zero attached hydrogens (tertiary/aromatic N) is 5. The molecule has 1 spiro atoms. The van der Waals surface area contributed by atoms with Crippen LogP contribution in [-0.2, 0) is 12.0 Å². The topological polar surface area (TPSA) is 62.6 Å². The Kier molecular flexibility index (Phi) is 3.29.